The second-order valence-corrected chi connectivity index (χ2v) is 7.28. The van der Waals surface area contributed by atoms with Crippen molar-refractivity contribution in [3.63, 3.8) is 0 Å². The van der Waals surface area contributed by atoms with Gasteiger partial charge in [-0.15, -0.1) is 0 Å². The summed E-state index contributed by atoms with van der Waals surface area (Å²) in [4.78, 5) is 26.4. The molecule has 2 aromatic carbocycles. The molecule has 1 saturated heterocycles. The summed E-state index contributed by atoms with van der Waals surface area (Å²) in [6, 6.07) is 7.03. The van der Waals surface area contributed by atoms with Crippen LogP contribution < -0.4 is 20.1 Å². The van der Waals surface area contributed by atoms with Crippen LogP contribution in [-0.2, 0) is 9.59 Å². The molecule has 0 saturated carbocycles. The van der Waals surface area contributed by atoms with Crippen LogP contribution in [0.25, 0.3) is 0 Å². The molecule has 0 radical (unpaired) electrons. The highest BCUT2D eigenvalue weighted by atomic mass is 19.2. The molecule has 10 heteroatoms. The van der Waals surface area contributed by atoms with E-state index in [1.54, 1.807) is 20.3 Å². The summed E-state index contributed by atoms with van der Waals surface area (Å²) in [6.07, 6.45) is 1.71. The summed E-state index contributed by atoms with van der Waals surface area (Å²) >= 11 is 0. The average molecular weight is 451 g/mol. The molecule has 1 heterocycles. The van der Waals surface area contributed by atoms with Crippen molar-refractivity contribution in [2.45, 2.75) is 18.9 Å². The summed E-state index contributed by atoms with van der Waals surface area (Å²) in [5.74, 6) is -4.34. The van der Waals surface area contributed by atoms with Crippen LogP contribution in [-0.4, -0.2) is 50.6 Å². The molecule has 0 bridgehead atoms. The molecule has 2 amide bonds. The number of likely N-dealkylation sites (tertiary alicyclic amines) is 1. The minimum atomic E-state index is -1.68. The zero-order valence-electron chi connectivity index (χ0n) is 17.7. The van der Waals surface area contributed by atoms with Crippen molar-refractivity contribution in [3.8, 4) is 11.5 Å². The summed E-state index contributed by atoms with van der Waals surface area (Å²) in [5, 5.41) is 4.57. The molecule has 32 heavy (non-hydrogen) atoms. The zero-order chi connectivity index (χ0) is 23.3. The molecule has 0 aromatic heterocycles. The molecule has 172 valence electrons. The Morgan fingerprint density at radius 1 is 1.06 bits per heavy atom. The monoisotopic (exact) mass is 451 g/mol. The minimum absolute atomic E-state index is 0.0395. The number of halogens is 3. The molecule has 3 rings (SSSR count). The van der Waals surface area contributed by atoms with Gasteiger partial charge in [-0.2, -0.15) is 0 Å². The van der Waals surface area contributed by atoms with Gasteiger partial charge in [0.05, 0.1) is 33.0 Å². The molecular formula is C22H24F3N3O4. The molecule has 1 aliphatic heterocycles. The van der Waals surface area contributed by atoms with Gasteiger partial charge < -0.3 is 20.1 Å². The van der Waals surface area contributed by atoms with Crippen LogP contribution in [0.1, 0.15) is 24.4 Å². The molecule has 1 aliphatic rings. The lowest BCUT2D eigenvalue weighted by Gasteiger charge is -2.26. The van der Waals surface area contributed by atoms with E-state index in [9.17, 15) is 22.8 Å². The Hall–Kier alpha value is -3.27. The van der Waals surface area contributed by atoms with E-state index in [1.807, 2.05) is 17.0 Å². The fourth-order valence-corrected chi connectivity index (χ4v) is 3.70. The van der Waals surface area contributed by atoms with Gasteiger partial charge in [0.25, 0.3) is 0 Å². The molecule has 2 aromatic rings. The predicted octanol–water partition coefficient (Wildman–Crippen LogP) is 3.01. The number of nitrogens with one attached hydrogen (secondary N) is 2. The first-order valence-electron chi connectivity index (χ1n) is 10.00. The van der Waals surface area contributed by atoms with Crippen LogP contribution in [0.5, 0.6) is 11.5 Å². The molecule has 0 aliphatic carbocycles. The van der Waals surface area contributed by atoms with Gasteiger partial charge in [0.15, 0.2) is 17.5 Å². The fourth-order valence-electron chi connectivity index (χ4n) is 3.70. The highest BCUT2D eigenvalue weighted by molar-refractivity contribution is 5.94. The predicted molar refractivity (Wildman–Crippen MR) is 111 cm³/mol. The number of hydrogen-bond donors (Lipinski definition) is 2. The number of carbonyl (C=O) groups excluding carboxylic acids is 2. The number of carbonyl (C=O) groups is 2. The zero-order valence-corrected chi connectivity index (χ0v) is 17.7. The number of benzene rings is 2. The molecular weight excluding hydrogens is 427 g/mol. The van der Waals surface area contributed by atoms with E-state index < -0.39 is 41.5 Å². The maximum absolute atomic E-state index is 13.7. The molecule has 0 unspecified atom stereocenters. The lowest BCUT2D eigenvalue weighted by Crippen LogP contribution is -2.40. The first-order chi connectivity index (χ1) is 15.3. The second-order valence-electron chi connectivity index (χ2n) is 7.28. The van der Waals surface area contributed by atoms with Gasteiger partial charge >= 0.3 is 0 Å². The molecule has 1 atom stereocenters. The first-order valence-corrected chi connectivity index (χ1v) is 10.00. The summed E-state index contributed by atoms with van der Waals surface area (Å²) in [7, 11) is 3.15. The molecule has 2 N–H and O–H groups in total. The Kier molecular flexibility index (Phi) is 7.57. The Labute approximate surface area is 183 Å². The average Bonchev–Trinajstić information content (AvgIpc) is 3.25. The highest BCUT2D eigenvalue weighted by Gasteiger charge is 2.30. The highest BCUT2D eigenvalue weighted by Crippen LogP contribution is 2.38. The van der Waals surface area contributed by atoms with Crippen LogP contribution in [0.2, 0.25) is 0 Å². The lowest BCUT2D eigenvalue weighted by atomic mass is 10.0. The summed E-state index contributed by atoms with van der Waals surface area (Å²) in [6.45, 7) is 0.279. The van der Waals surface area contributed by atoms with E-state index >= 15 is 0 Å². The second kappa shape index (κ2) is 10.4. The lowest BCUT2D eigenvalue weighted by molar-refractivity contribution is -0.125. The first kappa shape index (κ1) is 23.4. The van der Waals surface area contributed by atoms with E-state index in [2.05, 4.69) is 10.6 Å². The van der Waals surface area contributed by atoms with Crippen molar-refractivity contribution >= 4 is 17.5 Å². The van der Waals surface area contributed by atoms with Gasteiger partial charge in [-0.1, -0.05) is 0 Å². The maximum atomic E-state index is 13.7. The van der Waals surface area contributed by atoms with Gasteiger partial charge in [0.2, 0.25) is 11.8 Å². The van der Waals surface area contributed by atoms with Gasteiger partial charge in [-0.3, -0.25) is 14.5 Å². The maximum Gasteiger partial charge on any atom is 0.243 e. The quantitative estimate of drug-likeness (QED) is 0.604. The van der Waals surface area contributed by atoms with Crippen LogP contribution in [0.3, 0.4) is 0 Å². The number of nitrogens with zero attached hydrogens (tertiary/aromatic N) is 1. The smallest absolute Gasteiger partial charge is 0.243 e. The minimum Gasteiger partial charge on any atom is -0.497 e. The van der Waals surface area contributed by atoms with Crippen molar-refractivity contribution in [1.82, 2.24) is 10.2 Å². The fraction of sp³-hybridized carbons (Fsp3) is 0.364. The Morgan fingerprint density at radius 3 is 2.56 bits per heavy atom. The number of hydrogen-bond acceptors (Lipinski definition) is 5. The topological polar surface area (TPSA) is 79.9 Å². The van der Waals surface area contributed by atoms with Crippen molar-refractivity contribution in [2.24, 2.45) is 0 Å². The number of methoxy groups -OCH3 is 2. The van der Waals surface area contributed by atoms with Crippen molar-refractivity contribution in [1.29, 1.82) is 0 Å². The molecule has 7 nitrogen and oxygen atoms in total. The third-order valence-electron chi connectivity index (χ3n) is 5.26. The Bertz CT molecular complexity index is 1000. The van der Waals surface area contributed by atoms with E-state index in [0.29, 0.717) is 24.1 Å². The number of amides is 2. The van der Waals surface area contributed by atoms with Crippen molar-refractivity contribution < 1.29 is 32.2 Å². The van der Waals surface area contributed by atoms with Crippen LogP contribution in [0, 0.1) is 17.5 Å². The number of rotatable bonds is 8. The molecule has 0 spiro atoms. The molecule has 1 fully saturated rings. The summed E-state index contributed by atoms with van der Waals surface area (Å²) < 4.78 is 50.7. The van der Waals surface area contributed by atoms with Gasteiger partial charge in [0.1, 0.15) is 11.5 Å². The van der Waals surface area contributed by atoms with Crippen molar-refractivity contribution in [2.75, 3.05) is 39.2 Å². The normalized spacial score (nSPS) is 16.0. The van der Waals surface area contributed by atoms with E-state index in [1.165, 1.54) is 0 Å². The third-order valence-corrected chi connectivity index (χ3v) is 5.26. The third kappa shape index (κ3) is 5.31. The van der Waals surface area contributed by atoms with Gasteiger partial charge in [-0.05, 0) is 49.7 Å². The van der Waals surface area contributed by atoms with E-state index in [0.717, 1.165) is 24.5 Å². The number of ether oxygens (including phenoxy) is 2. The van der Waals surface area contributed by atoms with Gasteiger partial charge in [0, 0.05) is 11.6 Å². The van der Waals surface area contributed by atoms with Crippen LogP contribution in [0.15, 0.2) is 30.3 Å². The van der Waals surface area contributed by atoms with E-state index in [4.69, 9.17) is 9.47 Å². The Morgan fingerprint density at radius 2 is 1.84 bits per heavy atom. The SMILES string of the molecule is COc1ccc(OC)c([C@@H]2CCCN2CC(=O)NCC(=O)Nc2ccc(F)c(F)c2F)c1. The summed E-state index contributed by atoms with van der Waals surface area (Å²) in [5.41, 5.74) is 0.400. The van der Waals surface area contributed by atoms with Crippen LogP contribution in [0.4, 0.5) is 18.9 Å². The number of anilines is 1. The van der Waals surface area contributed by atoms with Crippen LogP contribution >= 0.6 is 0 Å². The van der Waals surface area contributed by atoms with Gasteiger partial charge in [-0.25, -0.2) is 13.2 Å². The standard InChI is InChI=1S/C22H24F3N3O4/c1-31-13-5-8-18(32-2)14(10-13)17-4-3-9-28(17)12-20(30)26-11-19(29)27-16-7-6-15(23)21(24)22(16)25/h5-8,10,17H,3-4,9,11-12H2,1-2H3,(H,26,30)(H,27,29)/t17-/m0/s1. The Balaban J connectivity index is 1.58. The largest absolute Gasteiger partial charge is 0.497 e. The van der Waals surface area contributed by atoms with E-state index in [-0.39, 0.29) is 12.6 Å². The van der Waals surface area contributed by atoms with Crippen molar-refractivity contribution in [3.05, 3.63) is 53.3 Å².